The first-order chi connectivity index (χ1) is 15.2. The summed E-state index contributed by atoms with van der Waals surface area (Å²) < 4.78 is 16.1. The summed E-state index contributed by atoms with van der Waals surface area (Å²) in [7, 11) is 3.09. The number of hydrogen-bond acceptors (Lipinski definition) is 9. The van der Waals surface area contributed by atoms with Gasteiger partial charge in [-0.3, -0.25) is 9.78 Å². The second kappa shape index (κ2) is 7.95. The summed E-state index contributed by atoms with van der Waals surface area (Å²) in [4.78, 5) is 29.1. The van der Waals surface area contributed by atoms with E-state index < -0.39 is 0 Å². The molecule has 0 amide bonds. The lowest BCUT2D eigenvalue weighted by molar-refractivity contribution is 0.0680. The van der Waals surface area contributed by atoms with Crippen molar-refractivity contribution in [2.75, 3.05) is 58.6 Å². The van der Waals surface area contributed by atoms with E-state index in [0.29, 0.717) is 54.8 Å². The zero-order valence-corrected chi connectivity index (χ0v) is 17.5. The Morgan fingerprint density at radius 2 is 1.90 bits per heavy atom. The van der Waals surface area contributed by atoms with Gasteiger partial charge in [-0.25, -0.2) is 9.98 Å². The molecule has 3 aliphatic heterocycles. The number of methoxy groups -OCH3 is 2. The number of aromatic amines is 1. The zero-order chi connectivity index (χ0) is 21.4. The van der Waals surface area contributed by atoms with Gasteiger partial charge in [0.2, 0.25) is 5.95 Å². The van der Waals surface area contributed by atoms with Crippen LogP contribution in [0.15, 0.2) is 45.5 Å². The van der Waals surface area contributed by atoms with Gasteiger partial charge in [0.05, 0.1) is 44.0 Å². The normalized spacial score (nSPS) is 18.6. The van der Waals surface area contributed by atoms with Crippen LogP contribution >= 0.6 is 0 Å². The Hall–Kier alpha value is -3.53. The number of nitrogens with zero attached hydrogens (tertiary/aromatic N) is 4. The molecule has 1 fully saturated rings. The lowest BCUT2D eigenvalue weighted by atomic mass is 10.1. The van der Waals surface area contributed by atoms with Gasteiger partial charge in [-0.15, -0.1) is 0 Å². The van der Waals surface area contributed by atoms with Crippen molar-refractivity contribution in [3.05, 3.63) is 46.0 Å². The fourth-order valence-electron chi connectivity index (χ4n) is 4.00. The van der Waals surface area contributed by atoms with Gasteiger partial charge in [0.1, 0.15) is 12.5 Å². The van der Waals surface area contributed by atoms with Crippen molar-refractivity contribution < 1.29 is 14.2 Å². The lowest BCUT2D eigenvalue weighted by Gasteiger charge is -2.36. The number of ether oxygens (including phenoxy) is 3. The minimum atomic E-state index is -0.235. The molecule has 10 heteroatoms. The van der Waals surface area contributed by atoms with Gasteiger partial charge in [0, 0.05) is 37.5 Å². The summed E-state index contributed by atoms with van der Waals surface area (Å²) in [6, 6.07) is 3.36. The number of rotatable bonds is 3. The molecular formula is C21H24N6O4. The average molecular weight is 424 g/mol. The van der Waals surface area contributed by atoms with Crippen LogP contribution < -0.4 is 25.2 Å². The van der Waals surface area contributed by atoms with Crippen molar-refractivity contribution in [3.63, 3.8) is 0 Å². The highest BCUT2D eigenvalue weighted by Gasteiger charge is 2.27. The Bertz CT molecular complexity index is 1160. The van der Waals surface area contributed by atoms with Crippen LogP contribution in [-0.2, 0) is 4.74 Å². The number of aliphatic imine (C=N–C) groups is 1. The summed E-state index contributed by atoms with van der Waals surface area (Å²) in [5.74, 6) is 2.47. The van der Waals surface area contributed by atoms with Gasteiger partial charge in [-0.1, -0.05) is 6.08 Å². The molecule has 2 N–H and O–H groups in total. The Morgan fingerprint density at radius 1 is 1.13 bits per heavy atom. The topological polar surface area (TPSA) is 104 Å². The second-order valence-corrected chi connectivity index (χ2v) is 7.34. The van der Waals surface area contributed by atoms with Crippen molar-refractivity contribution >= 4 is 22.7 Å². The Morgan fingerprint density at radius 3 is 2.68 bits per heavy atom. The van der Waals surface area contributed by atoms with Crippen LogP contribution in [0.1, 0.15) is 0 Å². The highest BCUT2D eigenvalue weighted by atomic mass is 16.5. The predicted molar refractivity (Wildman–Crippen MR) is 117 cm³/mol. The first-order valence-corrected chi connectivity index (χ1v) is 10.1. The van der Waals surface area contributed by atoms with Crippen LogP contribution in [0.3, 0.4) is 0 Å². The molecule has 5 rings (SSSR count). The van der Waals surface area contributed by atoms with Crippen LogP contribution in [0.5, 0.6) is 11.5 Å². The van der Waals surface area contributed by atoms with Gasteiger partial charge in [-0.2, -0.15) is 0 Å². The molecule has 10 nitrogen and oxygen atoms in total. The summed E-state index contributed by atoms with van der Waals surface area (Å²) in [5.41, 5.74) is 2.33. The van der Waals surface area contributed by atoms with Crippen LogP contribution in [0, 0.1) is 0 Å². The van der Waals surface area contributed by atoms with Gasteiger partial charge in [0.15, 0.2) is 11.5 Å². The van der Waals surface area contributed by atoms with Crippen molar-refractivity contribution in [1.82, 2.24) is 20.2 Å². The molecule has 4 heterocycles. The molecule has 3 aliphatic rings. The van der Waals surface area contributed by atoms with Gasteiger partial charge in [-0.05, 0) is 6.07 Å². The van der Waals surface area contributed by atoms with E-state index in [1.54, 1.807) is 19.2 Å². The molecule has 0 saturated carbocycles. The molecule has 0 radical (unpaired) electrons. The standard InChI is InChI=1S/C21H24N6O4/c1-29-17-9-14-15(10-18(17)30-2)24-21(25-20(14)28)27-4-3-13-16(11-27)22-12-23-19(13)26-5-7-31-8-6-26/h3,9-11,22H,4-8,12H2,1-2H3,(H,24,25,28). The highest BCUT2D eigenvalue weighted by molar-refractivity contribution is 6.03. The molecule has 1 aromatic carbocycles. The number of morpholine rings is 1. The summed E-state index contributed by atoms with van der Waals surface area (Å²) in [5, 5.41) is 3.77. The Kier molecular flexibility index (Phi) is 4.99. The second-order valence-electron chi connectivity index (χ2n) is 7.34. The van der Waals surface area contributed by atoms with E-state index in [-0.39, 0.29) is 5.56 Å². The molecule has 162 valence electrons. The monoisotopic (exact) mass is 424 g/mol. The number of fused-ring (bicyclic) bond motifs is 2. The number of anilines is 1. The zero-order valence-electron chi connectivity index (χ0n) is 17.5. The number of hydrogen-bond donors (Lipinski definition) is 2. The molecule has 0 spiro atoms. The molecular weight excluding hydrogens is 400 g/mol. The smallest absolute Gasteiger partial charge is 0.260 e. The molecule has 0 bridgehead atoms. The third-order valence-corrected chi connectivity index (χ3v) is 5.59. The van der Waals surface area contributed by atoms with Crippen molar-refractivity contribution in [3.8, 4) is 11.5 Å². The number of benzene rings is 1. The summed E-state index contributed by atoms with van der Waals surface area (Å²) in [6.45, 7) is 4.15. The molecule has 2 aromatic rings. The number of nitrogens with one attached hydrogen (secondary N) is 2. The van der Waals surface area contributed by atoms with Crippen molar-refractivity contribution in [1.29, 1.82) is 0 Å². The van der Waals surface area contributed by atoms with E-state index in [1.807, 2.05) is 11.1 Å². The fourth-order valence-corrected chi connectivity index (χ4v) is 4.00. The van der Waals surface area contributed by atoms with Crippen molar-refractivity contribution in [2.45, 2.75) is 0 Å². The minimum absolute atomic E-state index is 0.235. The molecule has 31 heavy (non-hydrogen) atoms. The largest absolute Gasteiger partial charge is 0.493 e. The van der Waals surface area contributed by atoms with Gasteiger partial charge < -0.3 is 29.3 Å². The van der Waals surface area contributed by atoms with E-state index in [4.69, 9.17) is 14.2 Å². The summed E-state index contributed by atoms with van der Waals surface area (Å²) in [6.07, 6.45) is 4.07. The molecule has 0 aliphatic carbocycles. The van der Waals surface area contributed by atoms with Crippen LogP contribution in [0.2, 0.25) is 0 Å². The average Bonchev–Trinajstić information content (AvgIpc) is 2.83. The van der Waals surface area contributed by atoms with E-state index in [2.05, 4.69) is 31.3 Å². The maximum Gasteiger partial charge on any atom is 0.260 e. The van der Waals surface area contributed by atoms with Crippen molar-refractivity contribution in [2.24, 2.45) is 4.99 Å². The Labute approximate surface area is 178 Å². The molecule has 1 aromatic heterocycles. The maximum atomic E-state index is 12.7. The first kappa shape index (κ1) is 19.4. The Balaban J connectivity index is 1.47. The summed E-state index contributed by atoms with van der Waals surface area (Å²) >= 11 is 0. The van der Waals surface area contributed by atoms with Crippen LogP contribution in [-0.4, -0.2) is 74.4 Å². The van der Waals surface area contributed by atoms with Crippen LogP contribution in [0.25, 0.3) is 10.9 Å². The van der Waals surface area contributed by atoms with E-state index in [0.717, 1.165) is 30.2 Å². The SMILES string of the molecule is COc1cc2nc(N3C=C4NCN=C(N5CCOCC5)C4=CC3)[nH]c(=O)c2cc1OC. The van der Waals surface area contributed by atoms with E-state index >= 15 is 0 Å². The maximum absolute atomic E-state index is 12.7. The van der Waals surface area contributed by atoms with Crippen LogP contribution in [0.4, 0.5) is 5.95 Å². The number of H-pyrrole nitrogens is 1. The lowest BCUT2D eigenvalue weighted by Crippen LogP contribution is -2.46. The molecule has 1 saturated heterocycles. The van der Waals surface area contributed by atoms with Gasteiger partial charge >= 0.3 is 0 Å². The molecule has 0 unspecified atom stereocenters. The van der Waals surface area contributed by atoms with E-state index in [9.17, 15) is 4.79 Å². The fraction of sp³-hybridized carbons (Fsp3) is 0.381. The number of aromatic nitrogens is 2. The van der Waals surface area contributed by atoms with E-state index in [1.165, 1.54) is 7.11 Å². The third-order valence-electron chi connectivity index (χ3n) is 5.59. The first-order valence-electron chi connectivity index (χ1n) is 10.1. The van der Waals surface area contributed by atoms with Gasteiger partial charge in [0.25, 0.3) is 5.56 Å². The number of amidine groups is 1. The highest BCUT2D eigenvalue weighted by Crippen LogP contribution is 2.31. The molecule has 0 atom stereocenters. The third kappa shape index (κ3) is 3.48. The quantitative estimate of drug-likeness (QED) is 0.746. The minimum Gasteiger partial charge on any atom is -0.493 e. The predicted octanol–water partition coefficient (Wildman–Crippen LogP) is 0.820.